The number of rotatable bonds is 0. The maximum absolute atomic E-state index is 4.51. The molecule has 0 N–H and O–H groups in total. The van der Waals surface area contributed by atoms with Gasteiger partial charge in [0.25, 0.3) is 0 Å². The van der Waals surface area contributed by atoms with E-state index in [-0.39, 0.29) is 0 Å². The van der Waals surface area contributed by atoms with Gasteiger partial charge in [-0.1, -0.05) is 54.6 Å². The number of para-hydroxylation sites is 1. The molecular formula is C29H26N2. The molecule has 2 aliphatic carbocycles. The number of benzene rings is 3. The molecule has 0 aromatic heterocycles. The molecule has 0 spiro atoms. The second-order valence-corrected chi connectivity index (χ2v) is 8.71. The van der Waals surface area contributed by atoms with Crippen molar-refractivity contribution in [2.24, 2.45) is 9.98 Å². The predicted octanol–water partition coefficient (Wildman–Crippen LogP) is 5.31. The minimum absolute atomic E-state index is 0.723. The molecule has 0 saturated heterocycles. The van der Waals surface area contributed by atoms with Gasteiger partial charge in [-0.3, -0.25) is 9.98 Å². The summed E-state index contributed by atoms with van der Waals surface area (Å²) >= 11 is 0. The lowest BCUT2D eigenvalue weighted by molar-refractivity contribution is 0.690. The third-order valence-electron chi connectivity index (χ3n) is 6.84. The van der Waals surface area contributed by atoms with Crippen molar-refractivity contribution < 1.29 is 0 Å². The van der Waals surface area contributed by atoms with Crippen molar-refractivity contribution in [1.29, 1.82) is 0 Å². The fraction of sp³-hybridized carbons (Fsp3) is 0.241. The Hall–Kier alpha value is -3.26. The molecule has 0 fully saturated rings. The molecule has 4 aliphatic rings. The van der Waals surface area contributed by atoms with Crippen LogP contribution in [0.15, 0.2) is 64.6 Å². The van der Waals surface area contributed by atoms with Crippen LogP contribution in [-0.4, -0.2) is 18.5 Å². The smallest absolute Gasteiger partial charge is 0.0818 e. The molecule has 2 aliphatic heterocycles. The first-order valence-corrected chi connectivity index (χ1v) is 11.5. The van der Waals surface area contributed by atoms with E-state index in [4.69, 9.17) is 0 Å². The van der Waals surface area contributed by atoms with E-state index in [1.165, 1.54) is 70.9 Å². The van der Waals surface area contributed by atoms with E-state index in [1.807, 2.05) is 30.5 Å². The maximum atomic E-state index is 4.51. The quantitative estimate of drug-likeness (QED) is 0.487. The van der Waals surface area contributed by atoms with Crippen LogP contribution in [0.5, 0.6) is 0 Å². The van der Waals surface area contributed by atoms with E-state index in [9.17, 15) is 0 Å². The standard InChI is InChI=1S/C18H18.C11H8N2/c1-3-7-15-13(5-1)9-11-18-16-8-4-2-6-14(16)10-12-17(15)18;1-2-4-10-8(3-1)9-5-6-12-7-11(9)13-10/h5,7,9-12H,1-4,6,8H2;1-6H,7H2. The van der Waals surface area contributed by atoms with Crippen molar-refractivity contribution in [3.8, 4) is 0 Å². The summed E-state index contributed by atoms with van der Waals surface area (Å²) in [6.45, 7) is 0.723. The van der Waals surface area contributed by atoms with Crippen molar-refractivity contribution in [2.45, 2.75) is 38.5 Å². The Kier molecular flexibility index (Phi) is 4.64. The Bertz CT molecular complexity index is 1400. The number of hydrogen-bond donors (Lipinski definition) is 0. The summed E-state index contributed by atoms with van der Waals surface area (Å²) < 4.78 is 0. The average Bonchev–Trinajstić information content (AvgIpc) is 3.23. The molecule has 2 heteroatoms. The molecule has 0 bridgehead atoms. The number of nitrogens with zero attached hydrogens (tertiary/aromatic N) is 2. The van der Waals surface area contributed by atoms with Crippen molar-refractivity contribution >= 4 is 46.1 Å². The summed E-state index contributed by atoms with van der Waals surface area (Å²) in [4.78, 5) is 8.68. The molecule has 0 radical (unpaired) electrons. The van der Waals surface area contributed by atoms with Gasteiger partial charge in [0.1, 0.15) is 0 Å². The number of aryl methyl sites for hydroxylation is 2. The third kappa shape index (κ3) is 3.27. The lowest BCUT2D eigenvalue weighted by Crippen LogP contribution is -2.27. The molecule has 3 aromatic rings. The van der Waals surface area contributed by atoms with Crippen LogP contribution in [0.1, 0.15) is 42.4 Å². The molecular weight excluding hydrogens is 376 g/mol. The first-order chi connectivity index (χ1) is 15.4. The largest absolute Gasteiger partial charge is 0.287 e. The van der Waals surface area contributed by atoms with E-state index >= 15 is 0 Å². The van der Waals surface area contributed by atoms with Gasteiger partial charge in [-0.05, 0) is 83.0 Å². The second-order valence-electron chi connectivity index (χ2n) is 8.71. The highest BCUT2D eigenvalue weighted by Gasteiger charge is 2.20. The Balaban J connectivity index is 0.000000126. The number of allylic oxidation sites excluding steroid dienone is 1. The van der Waals surface area contributed by atoms with Gasteiger partial charge >= 0.3 is 0 Å². The van der Waals surface area contributed by atoms with E-state index in [2.05, 4.69) is 52.5 Å². The fourth-order valence-electron chi connectivity index (χ4n) is 5.31. The molecule has 0 atom stereocenters. The predicted molar refractivity (Wildman–Crippen MR) is 133 cm³/mol. The van der Waals surface area contributed by atoms with E-state index in [0.29, 0.717) is 0 Å². The Morgan fingerprint density at radius 1 is 0.774 bits per heavy atom. The lowest BCUT2D eigenvalue weighted by Gasteiger charge is -2.18. The monoisotopic (exact) mass is 402 g/mol. The molecule has 2 nitrogen and oxygen atoms in total. The van der Waals surface area contributed by atoms with Gasteiger partial charge in [0.2, 0.25) is 0 Å². The van der Waals surface area contributed by atoms with Crippen LogP contribution >= 0.6 is 0 Å². The van der Waals surface area contributed by atoms with Crippen LogP contribution in [0.4, 0.5) is 5.69 Å². The van der Waals surface area contributed by atoms with Gasteiger partial charge in [-0.15, -0.1) is 0 Å². The van der Waals surface area contributed by atoms with Gasteiger partial charge in [-0.25, -0.2) is 0 Å². The summed E-state index contributed by atoms with van der Waals surface area (Å²) in [5.74, 6) is 0. The van der Waals surface area contributed by atoms with E-state index in [1.54, 1.807) is 11.1 Å². The third-order valence-corrected chi connectivity index (χ3v) is 6.84. The first-order valence-electron chi connectivity index (χ1n) is 11.5. The summed E-state index contributed by atoms with van der Waals surface area (Å²) in [5, 5.41) is 5.90. The number of aliphatic imine (C=N–C) groups is 2. The highest BCUT2D eigenvalue weighted by molar-refractivity contribution is 6.32. The molecule has 2 heterocycles. The first kappa shape index (κ1) is 18.5. The summed E-state index contributed by atoms with van der Waals surface area (Å²) in [7, 11) is 0. The Morgan fingerprint density at radius 3 is 2.65 bits per heavy atom. The fourth-order valence-corrected chi connectivity index (χ4v) is 5.31. The van der Waals surface area contributed by atoms with Crippen molar-refractivity contribution in [3.63, 3.8) is 0 Å². The van der Waals surface area contributed by atoms with Gasteiger partial charge in [0.15, 0.2) is 0 Å². The van der Waals surface area contributed by atoms with Crippen molar-refractivity contribution in [2.75, 3.05) is 6.54 Å². The normalized spacial score (nSPS) is 17.5. The number of fused-ring (bicyclic) bond motifs is 8. The van der Waals surface area contributed by atoms with Gasteiger partial charge in [0, 0.05) is 17.4 Å². The molecule has 7 rings (SSSR count). The Morgan fingerprint density at radius 2 is 1.65 bits per heavy atom. The van der Waals surface area contributed by atoms with Crippen LogP contribution in [0.25, 0.3) is 28.5 Å². The minimum atomic E-state index is 0.723. The molecule has 0 amide bonds. The zero-order chi connectivity index (χ0) is 20.6. The van der Waals surface area contributed by atoms with Gasteiger partial charge in [-0.2, -0.15) is 0 Å². The SMILES string of the molecule is C1=NCC2=Nc3ccccc3C2=C1.C1=c2ccc3c4c(ccc3c2=CCC1)CCCC4. The molecule has 0 unspecified atom stereocenters. The maximum Gasteiger partial charge on any atom is 0.0818 e. The van der Waals surface area contributed by atoms with E-state index < -0.39 is 0 Å². The van der Waals surface area contributed by atoms with E-state index in [0.717, 1.165) is 17.9 Å². The van der Waals surface area contributed by atoms with Crippen molar-refractivity contribution in [3.05, 3.63) is 81.7 Å². The molecule has 152 valence electrons. The molecule has 31 heavy (non-hydrogen) atoms. The highest BCUT2D eigenvalue weighted by Crippen LogP contribution is 2.35. The number of hydrogen-bond acceptors (Lipinski definition) is 2. The van der Waals surface area contributed by atoms with Crippen LogP contribution in [0.2, 0.25) is 0 Å². The van der Waals surface area contributed by atoms with Crippen LogP contribution in [-0.2, 0) is 12.8 Å². The molecule has 3 aromatic carbocycles. The summed E-state index contributed by atoms with van der Waals surface area (Å²) in [5.41, 5.74) is 7.88. The minimum Gasteiger partial charge on any atom is -0.287 e. The number of dihydropyridines is 1. The Labute approximate surface area is 183 Å². The zero-order valence-electron chi connectivity index (χ0n) is 17.8. The van der Waals surface area contributed by atoms with Crippen LogP contribution < -0.4 is 10.4 Å². The topological polar surface area (TPSA) is 24.7 Å². The van der Waals surface area contributed by atoms with Crippen LogP contribution in [0, 0.1) is 0 Å². The van der Waals surface area contributed by atoms with Gasteiger partial charge in [0.05, 0.1) is 17.9 Å². The zero-order valence-corrected chi connectivity index (χ0v) is 17.8. The summed E-state index contributed by atoms with van der Waals surface area (Å²) in [6, 6.07) is 17.6. The second kappa shape index (κ2) is 7.77. The average molecular weight is 403 g/mol. The van der Waals surface area contributed by atoms with Gasteiger partial charge < -0.3 is 0 Å². The highest BCUT2D eigenvalue weighted by atomic mass is 14.9. The van der Waals surface area contributed by atoms with Crippen LogP contribution in [0.3, 0.4) is 0 Å². The van der Waals surface area contributed by atoms with Crippen molar-refractivity contribution in [1.82, 2.24) is 0 Å². The molecule has 0 saturated carbocycles. The summed E-state index contributed by atoms with van der Waals surface area (Å²) in [6.07, 6.45) is 16.4. The lowest BCUT2D eigenvalue weighted by atomic mass is 9.86.